The average Bonchev–Trinajstić information content (AvgIpc) is 2.56. The summed E-state index contributed by atoms with van der Waals surface area (Å²) in [6.45, 7) is 2.99. The van der Waals surface area contributed by atoms with Crippen LogP contribution in [0, 0.1) is 0 Å². The van der Waals surface area contributed by atoms with Gasteiger partial charge in [-0.25, -0.2) is 0 Å². The summed E-state index contributed by atoms with van der Waals surface area (Å²) < 4.78 is 1.06. The van der Waals surface area contributed by atoms with Crippen LogP contribution in [0.1, 0.15) is 30.5 Å². The molecule has 0 fully saturated rings. The second kappa shape index (κ2) is 9.06. The Morgan fingerprint density at radius 3 is 2.57 bits per heavy atom. The largest absolute Gasteiger partial charge is 0.347 e. The van der Waals surface area contributed by atoms with Gasteiger partial charge in [0.05, 0.1) is 0 Å². The van der Waals surface area contributed by atoms with Crippen LogP contribution in [-0.2, 0) is 11.3 Å². The molecule has 2 aromatic carbocycles. The number of carbonyl (C=O) groups excluding carboxylic acids is 1. The number of nitrogens with two attached hydrogens (primary N) is 1. The Bertz CT molecular complexity index is 646. The van der Waals surface area contributed by atoms with E-state index < -0.39 is 0 Å². The van der Waals surface area contributed by atoms with Crippen LogP contribution < -0.4 is 10.6 Å². The van der Waals surface area contributed by atoms with E-state index in [1.165, 1.54) is 5.56 Å². The van der Waals surface area contributed by atoms with Crippen molar-refractivity contribution in [2.75, 3.05) is 6.54 Å². The molecule has 122 valence electrons. The minimum Gasteiger partial charge on any atom is -0.347 e. The Balaban J connectivity index is 1.83. The van der Waals surface area contributed by atoms with E-state index in [4.69, 9.17) is 11.6 Å². The lowest BCUT2D eigenvalue weighted by atomic mass is 10.0. The first-order valence-electron chi connectivity index (χ1n) is 7.69. The van der Waals surface area contributed by atoms with Crippen LogP contribution in [0.3, 0.4) is 0 Å². The Morgan fingerprint density at radius 1 is 1.22 bits per heavy atom. The zero-order chi connectivity index (χ0) is 16.7. The Labute approximate surface area is 150 Å². The fourth-order valence-corrected chi connectivity index (χ4v) is 2.87. The van der Waals surface area contributed by atoms with Gasteiger partial charge in [-0.2, -0.15) is 0 Å². The number of amides is 1. The third-order valence-electron chi connectivity index (χ3n) is 3.76. The van der Waals surface area contributed by atoms with Crippen molar-refractivity contribution >= 4 is 33.4 Å². The summed E-state index contributed by atoms with van der Waals surface area (Å²) in [4.78, 5) is 12.0. The molecule has 0 aromatic heterocycles. The first-order valence-corrected chi connectivity index (χ1v) is 8.86. The first kappa shape index (κ1) is 18.0. The summed E-state index contributed by atoms with van der Waals surface area (Å²) in [7, 11) is 0. The summed E-state index contributed by atoms with van der Waals surface area (Å²) in [5, 5.41) is 5.67. The molecule has 5 heteroatoms. The zero-order valence-electron chi connectivity index (χ0n) is 13.1. The summed E-state index contributed by atoms with van der Waals surface area (Å²) in [6, 6.07) is 16.1. The van der Waals surface area contributed by atoms with Crippen LogP contribution in [0.15, 0.2) is 53.0 Å². The van der Waals surface area contributed by atoms with Crippen molar-refractivity contribution in [1.82, 2.24) is 5.32 Å². The lowest BCUT2D eigenvalue weighted by Gasteiger charge is -2.14. The number of hydrogen-bond acceptors (Lipinski definition) is 1. The molecule has 0 aliphatic heterocycles. The molecule has 0 heterocycles. The summed E-state index contributed by atoms with van der Waals surface area (Å²) in [6.07, 6.45) is 0.972. The monoisotopic (exact) mass is 395 g/mol. The molecule has 0 bridgehead atoms. The molecule has 0 saturated heterocycles. The van der Waals surface area contributed by atoms with Crippen molar-refractivity contribution in [2.45, 2.75) is 25.9 Å². The van der Waals surface area contributed by atoms with Crippen molar-refractivity contribution in [3.05, 3.63) is 69.2 Å². The molecule has 2 rings (SSSR count). The van der Waals surface area contributed by atoms with E-state index in [0.29, 0.717) is 18.1 Å². The zero-order valence-corrected chi connectivity index (χ0v) is 15.4. The van der Waals surface area contributed by atoms with Gasteiger partial charge in [0, 0.05) is 28.0 Å². The fourth-order valence-electron chi connectivity index (χ4n) is 2.41. The fraction of sp³-hybridized carbons (Fsp3) is 0.278. The highest BCUT2D eigenvalue weighted by Crippen LogP contribution is 2.16. The molecular weight excluding hydrogens is 376 g/mol. The molecule has 3 N–H and O–H groups in total. The smallest absolute Gasteiger partial charge is 0.275 e. The number of quaternary nitrogens is 1. The van der Waals surface area contributed by atoms with Crippen molar-refractivity contribution in [1.29, 1.82) is 0 Å². The lowest BCUT2D eigenvalue weighted by Crippen LogP contribution is -2.87. The number of carbonyl (C=O) groups is 1. The van der Waals surface area contributed by atoms with E-state index >= 15 is 0 Å². The van der Waals surface area contributed by atoms with Crippen LogP contribution in [0.25, 0.3) is 0 Å². The number of hydrogen-bond donors (Lipinski definition) is 2. The number of benzene rings is 2. The van der Waals surface area contributed by atoms with Gasteiger partial charge in [0.15, 0.2) is 6.54 Å². The minimum absolute atomic E-state index is 0.0143. The van der Waals surface area contributed by atoms with Crippen LogP contribution in [0.4, 0.5) is 0 Å². The minimum atomic E-state index is 0.0143. The second-order valence-electron chi connectivity index (χ2n) is 5.37. The van der Waals surface area contributed by atoms with Gasteiger partial charge in [0.1, 0.15) is 6.04 Å². The van der Waals surface area contributed by atoms with Crippen LogP contribution in [0.5, 0.6) is 0 Å². The summed E-state index contributed by atoms with van der Waals surface area (Å²) in [5.41, 5.74) is 2.16. The maximum atomic E-state index is 12.0. The molecule has 2 aromatic rings. The van der Waals surface area contributed by atoms with E-state index in [-0.39, 0.29) is 11.9 Å². The molecule has 3 nitrogen and oxygen atoms in total. The number of halogens is 2. The topological polar surface area (TPSA) is 45.7 Å². The van der Waals surface area contributed by atoms with E-state index in [1.807, 2.05) is 36.4 Å². The van der Waals surface area contributed by atoms with Crippen molar-refractivity contribution in [3.63, 3.8) is 0 Å². The molecular formula is C18H21BrClN2O+. The van der Waals surface area contributed by atoms with Gasteiger partial charge in [-0.05, 0) is 23.8 Å². The SMILES string of the molecule is CC[C@H]([NH2+]CC(=O)NCc1ccccc1Cl)c1ccc(Br)cc1. The molecule has 0 unspecified atom stereocenters. The second-order valence-corrected chi connectivity index (χ2v) is 6.70. The third-order valence-corrected chi connectivity index (χ3v) is 4.66. The Morgan fingerprint density at radius 2 is 1.91 bits per heavy atom. The van der Waals surface area contributed by atoms with Gasteiger partial charge in [0.2, 0.25) is 0 Å². The predicted molar refractivity (Wildman–Crippen MR) is 97.3 cm³/mol. The van der Waals surface area contributed by atoms with Gasteiger partial charge >= 0.3 is 0 Å². The lowest BCUT2D eigenvalue weighted by molar-refractivity contribution is -0.686. The molecule has 0 aliphatic rings. The van der Waals surface area contributed by atoms with E-state index in [1.54, 1.807) is 0 Å². The quantitative estimate of drug-likeness (QED) is 0.740. The molecule has 1 atom stereocenters. The number of rotatable bonds is 7. The van der Waals surface area contributed by atoms with E-state index in [9.17, 15) is 4.79 Å². The maximum absolute atomic E-state index is 12.0. The molecule has 0 saturated carbocycles. The average molecular weight is 397 g/mol. The number of nitrogens with one attached hydrogen (secondary N) is 1. The predicted octanol–water partition coefficient (Wildman–Crippen LogP) is 3.43. The maximum Gasteiger partial charge on any atom is 0.275 e. The third kappa shape index (κ3) is 5.65. The van der Waals surface area contributed by atoms with Gasteiger partial charge in [-0.1, -0.05) is 64.8 Å². The van der Waals surface area contributed by atoms with Gasteiger partial charge in [-0.3, -0.25) is 4.79 Å². The normalized spacial score (nSPS) is 12.0. The molecule has 0 spiro atoms. The Hall–Kier alpha value is -1.36. The molecule has 0 aliphatic carbocycles. The molecule has 23 heavy (non-hydrogen) atoms. The molecule has 0 radical (unpaired) electrons. The van der Waals surface area contributed by atoms with Gasteiger partial charge in [0.25, 0.3) is 5.91 Å². The van der Waals surface area contributed by atoms with Crippen molar-refractivity contribution in [3.8, 4) is 0 Å². The highest BCUT2D eigenvalue weighted by molar-refractivity contribution is 9.10. The standard InChI is InChI=1S/C18H20BrClN2O/c1-2-17(13-7-9-15(19)10-8-13)21-12-18(23)22-11-14-5-3-4-6-16(14)20/h3-10,17,21H,2,11-12H2,1H3,(H,22,23)/p+1/t17-/m0/s1. The Kier molecular flexibility index (Phi) is 7.09. The van der Waals surface area contributed by atoms with Gasteiger partial charge in [-0.15, -0.1) is 0 Å². The summed E-state index contributed by atoms with van der Waals surface area (Å²) in [5.74, 6) is 0.0143. The van der Waals surface area contributed by atoms with Crippen LogP contribution in [-0.4, -0.2) is 12.5 Å². The van der Waals surface area contributed by atoms with E-state index in [0.717, 1.165) is 16.5 Å². The molecule has 1 amide bonds. The van der Waals surface area contributed by atoms with E-state index in [2.05, 4.69) is 45.6 Å². The highest BCUT2D eigenvalue weighted by atomic mass is 79.9. The van der Waals surface area contributed by atoms with Crippen LogP contribution in [0.2, 0.25) is 5.02 Å². The summed E-state index contributed by atoms with van der Waals surface area (Å²) >= 11 is 9.53. The van der Waals surface area contributed by atoms with Gasteiger partial charge < -0.3 is 10.6 Å². The van der Waals surface area contributed by atoms with Crippen molar-refractivity contribution < 1.29 is 10.1 Å². The first-order chi connectivity index (χ1) is 11.1. The highest BCUT2D eigenvalue weighted by Gasteiger charge is 2.14. The van der Waals surface area contributed by atoms with Crippen molar-refractivity contribution in [2.24, 2.45) is 0 Å². The van der Waals surface area contributed by atoms with Crippen LogP contribution >= 0.6 is 27.5 Å².